The number of piperidine rings is 1. The minimum absolute atomic E-state index is 0.590. The number of carboxylic acids is 1. The van der Waals surface area contributed by atoms with Crippen molar-refractivity contribution in [1.29, 1.82) is 0 Å². The van der Waals surface area contributed by atoms with E-state index in [2.05, 4.69) is 10.1 Å². The molecule has 1 atom stereocenters. The highest BCUT2D eigenvalue weighted by atomic mass is 16.5. The maximum Gasteiger partial charge on any atom is 0.310 e. The number of likely N-dealkylation sites (tertiary alicyclic amines) is 1. The zero-order chi connectivity index (χ0) is 13.3. The van der Waals surface area contributed by atoms with Crippen molar-refractivity contribution in [2.75, 3.05) is 13.1 Å². The predicted molar refractivity (Wildman–Crippen MR) is 66.2 cm³/mol. The molecule has 1 N–H and O–H groups in total. The number of aliphatic carboxylic acids is 1. The van der Waals surface area contributed by atoms with Crippen molar-refractivity contribution in [3.8, 4) is 0 Å². The topological polar surface area (TPSA) is 66.6 Å². The third-order valence-electron chi connectivity index (χ3n) is 3.85. The second-order valence-corrected chi connectivity index (χ2v) is 5.48. The van der Waals surface area contributed by atoms with Crippen LogP contribution in [0.4, 0.5) is 0 Å². The van der Waals surface area contributed by atoms with Gasteiger partial charge in [0, 0.05) is 18.7 Å². The van der Waals surface area contributed by atoms with Crippen LogP contribution in [0.5, 0.6) is 0 Å². The van der Waals surface area contributed by atoms with Gasteiger partial charge in [-0.05, 0) is 40.2 Å². The lowest BCUT2D eigenvalue weighted by atomic mass is 9.82. The van der Waals surface area contributed by atoms with E-state index in [0.29, 0.717) is 6.54 Å². The molecule has 1 fully saturated rings. The van der Waals surface area contributed by atoms with E-state index in [4.69, 9.17) is 4.52 Å². The Hall–Kier alpha value is -1.36. The lowest BCUT2D eigenvalue weighted by Gasteiger charge is -2.37. The monoisotopic (exact) mass is 252 g/mol. The molecule has 0 saturated carbocycles. The lowest BCUT2D eigenvalue weighted by Crippen LogP contribution is -2.45. The highest BCUT2D eigenvalue weighted by Crippen LogP contribution is 2.31. The first-order valence-corrected chi connectivity index (χ1v) is 6.30. The van der Waals surface area contributed by atoms with Crippen LogP contribution < -0.4 is 0 Å². The van der Waals surface area contributed by atoms with Gasteiger partial charge in [-0.25, -0.2) is 0 Å². The summed E-state index contributed by atoms with van der Waals surface area (Å²) in [6.07, 6.45) is 1.67. The number of hydrogen-bond acceptors (Lipinski definition) is 4. The fourth-order valence-electron chi connectivity index (χ4n) is 2.61. The van der Waals surface area contributed by atoms with E-state index in [1.807, 2.05) is 20.8 Å². The second kappa shape index (κ2) is 4.72. The van der Waals surface area contributed by atoms with Crippen LogP contribution in [0, 0.1) is 19.3 Å². The zero-order valence-electron chi connectivity index (χ0n) is 11.2. The van der Waals surface area contributed by atoms with Gasteiger partial charge in [-0.3, -0.25) is 9.69 Å². The number of rotatable bonds is 3. The van der Waals surface area contributed by atoms with E-state index in [9.17, 15) is 9.90 Å². The van der Waals surface area contributed by atoms with E-state index >= 15 is 0 Å². The molecule has 0 bridgehead atoms. The fourth-order valence-corrected chi connectivity index (χ4v) is 2.61. The number of hydrogen-bond donors (Lipinski definition) is 1. The molecule has 5 nitrogen and oxygen atoms in total. The molecule has 5 heteroatoms. The molecule has 18 heavy (non-hydrogen) atoms. The largest absolute Gasteiger partial charge is 0.481 e. The molecule has 0 amide bonds. The summed E-state index contributed by atoms with van der Waals surface area (Å²) in [6, 6.07) is 0. The van der Waals surface area contributed by atoms with E-state index < -0.39 is 11.4 Å². The van der Waals surface area contributed by atoms with Gasteiger partial charge in [-0.15, -0.1) is 0 Å². The van der Waals surface area contributed by atoms with Crippen molar-refractivity contribution in [1.82, 2.24) is 10.1 Å². The van der Waals surface area contributed by atoms with Crippen molar-refractivity contribution in [3.63, 3.8) is 0 Å². The third-order valence-corrected chi connectivity index (χ3v) is 3.85. The summed E-state index contributed by atoms with van der Waals surface area (Å²) in [4.78, 5) is 13.5. The van der Waals surface area contributed by atoms with Gasteiger partial charge in [0.15, 0.2) is 0 Å². The van der Waals surface area contributed by atoms with Crippen LogP contribution in [0.15, 0.2) is 4.52 Å². The van der Waals surface area contributed by atoms with Crippen molar-refractivity contribution >= 4 is 5.97 Å². The van der Waals surface area contributed by atoms with Crippen LogP contribution in [-0.2, 0) is 11.3 Å². The molecule has 1 saturated heterocycles. The Kier molecular flexibility index (Phi) is 3.43. The highest BCUT2D eigenvalue weighted by molar-refractivity contribution is 5.74. The van der Waals surface area contributed by atoms with Crippen LogP contribution in [0.3, 0.4) is 0 Å². The van der Waals surface area contributed by atoms with E-state index in [-0.39, 0.29) is 0 Å². The molecule has 0 radical (unpaired) electrons. The molecule has 2 heterocycles. The third kappa shape index (κ3) is 2.41. The molecule has 1 unspecified atom stereocenters. The number of carbonyl (C=O) groups is 1. The average molecular weight is 252 g/mol. The first-order chi connectivity index (χ1) is 8.42. The maximum atomic E-state index is 11.3. The Balaban J connectivity index is 2.09. The summed E-state index contributed by atoms with van der Waals surface area (Å²) in [7, 11) is 0. The van der Waals surface area contributed by atoms with Gasteiger partial charge in [0.1, 0.15) is 5.76 Å². The molecule has 1 aromatic heterocycles. The Morgan fingerprint density at radius 1 is 1.56 bits per heavy atom. The van der Waals surface area contributed by atoms with Crippen molar-refractivity contribution in [2.45, 2.75) is 40.2 Å². The van der Waals surface area contributed by atoms with Crippen LogP contribution in [0.1, 0.15) is 36.8 Å². The van der Waals surface area contributed by atoms with Crippen LogP contribution in [-0.4, -0.2) is 34.2 Å². The molecule has 0 aromatic carbocycles. The van der Waals surface area contributed by atoms with E-state index in [1.165, 1.54) is 0 Å². The zero-order valence-corrected chi connectivity index (χ0v) is 11.2. The minimum Gasteiger partial charge on any atom is -0.481 e. The standard InChI is InChI=1S/C13H20N2O3/c1-9-11(10(2)18-14-9)7-15-6-4-5-13(3,8-15)12(16)17/h4-8H2,1-3H3,(H,16,17). The van der Waals surface area contributed by atoms with Gasteiger partial charge in [-0.2, -0.15) is 0 Å². The molecule has 0 spiro atoms. The number of aryl methyl sites for hydroxylation is 2. The molecule has 1 aliphatic heterocycles. The van der Waals surface area contributed by atoms with Gasteiger partial charge < -0.3 is 9.63 Å². The van der Waals surface area contributed by atoms with Crippen molar-refractivity contribution in [3.05, 3.63) is 17.0 Å². The Labute approximate surface area is 107 Å². The van der Waals surface area contributed by atoms with Crippen molar-refractivity contribution < 1.29 is 14.4 Å². The highest BCUT2D eigenvalue weighted by Gasteiger charge is 2.38. The van der Waals surface area contributed by atoms with Gasteiger partial charge >= 0.3 is 5.97 Å². The predicted octanol–water partition coefficient (Wildman–Crippen LogP) is 1.98. The molecule has 0 aliphatic carbocycles. The molecular weight excluding hydrogens is 232 g/mol. The van der Waals surface area contributed by atoms with Crippen molar-refractivity contribution in [2.24, 2.45) is 5.41 Å². The van der Waals surface area contributed by atoms with Gasteiger partial charge in [0.2, 0.25) is 0 Å². The van der Waals surface area contributed by atoms with Crippen LogP contribution in [0.25, 0.3) is 0 Å². The maximum absolute atomic E-state index is 11.3. The van der Waals surface area contributed by atoms with E-state index in [1.54, 1.807) is 0 Å². The SMILES string of the molecule is Cc1noc(C)c1CN1CCCC(C)(C(=O)O)C1. The number of carboxylic acid groups (broad SMARTS) is 1. The molecule has 2 rings (SSSR count). The quantitative estimate of drug-likeness (QED) is 0.891. The fraction of sp³-hybridized carbons (Fsp3) is 0.692. The molecular formula is C13H20N2O3. The second-order valence-electron chi connectivity index (χ2n) is 5.48. The summed E-state index contributed by atoms with van der Waals surface area (Å²) in [5.74, 6) is 0.126. The molecule has 1 aromatic rings. The number of aromatic nitrogens is 1. The Morgan fingerprint density at radius 3 is 2.83 bits per heavy atom. The smallest absolute Gasteiger partial charge is 0.310 e. The molecule has 1 aliphatic rings. The Morgan fingerprint density at radius 2 is 2.28 bits per heavy atom. The van der Waals surface area contributed by atoms with Crippen LogP contribution >= 0.6 is 0 Å². The summed E-state index contributed by atoms with van der Waals surface area (Å²) in [6.45, 7) is 7.90. The number of nitrogens with zero attached hydrogens (tertiary/aromatic N) is 2. The van der Waals surface area contributed by atoms with Crippen LogP contribution in [0.2, 0.25) is 0 Å². The lowest BCUT2D eigenvalue weighted by molar-refractivity contribution is -0.151. The first-order valence-electron chi connectivity index (χ1n) is 6.30. The Bertz CT molecular complexity index is 436. The average Bonchev–Trinajstić information content (AvgIpc) is 2.61. The van der Waals surface area contributed by atoms with Gasteiger partial charge in [-0.1, -0.05) is 5.16 Å². The molecule has 100 valence electrons. The summed E-state index contributed by atoms with van der Waals surface area (Å²) in [5, 5.41) is 13.2. The minimum atomic E-state index is -0.703. The first kappa shape index (κ1) is 13.1. The summed E-state index contributed by atoms with van der Waals surface area (Å²) in [5.41, 5.74) is 1.36. The van der Waals surface area contributed by atoms with E-state index in [0.717, 1.165) is 42.9 Å². The summed E-state index contributed by atoms with van der Waals surface area (Å²) >= 11 is 0. The van der Waals surface area contributed by atoms with Gasteiger partial charge in [0.05, 0.1) is 11.1 Å². The summed E-state index contributed by atoms with van der Waals surface area (Å²) < 4.78 is 5.14. The van der Waals surface area contributed by atoms with Gasteiger partial charge in [0.25, 0.3) is 0 Å². The normalized spacial score (nSPS) is 25.3.